The second kappa shape index (κ2) is 6.73. The summed E-state index contributed by atoms with van der Waals surface area (Å²) in [5.41, 5.74) is 0.666. The normalized spacial score (nSPS) is 35.2. The highest BCUT2D eigenvalue weighted by Crippen LogP contribution is 2.43. The van der Waals surface area contributed by atoms with Gasteiger partial charge in [-0.15, -0.1) is 0 Å². The lowest BCUT2D eigenvalue weighted by atomic mass is 9.67. The van der Waals surface area contributed by atoms with Crippen molar-refractivity contribution in [2.45, 2.75) is 63.1 Å². The van der Waals surface area contributed by atoms with E-state index >= 15 is 0 Å². The van der Waals surface area contributed by atoms with Crippen LogP contribution in [0.25, 0.3) is 0 Å². The number of nitrogens with one attached hydrogen (secondary N) is 2. The maximum absolute atomic E-state index is 5.56. The number of methoxy groups -OCH3 is 1. The average Bonchev–Trinajstić information content (AvgIpc) is 2.51. The van der Waals surface area contributed by atoms with E-state index in [1.165, 1.54) is 51.6 Å². The number of ether oxygens (including phenoxy) is 2. The van der Waals surface area contributed by atoms with E-state index in [2.05, 4.69) is 10.6 Å². The van der Waals surface area contributed by atoms with Gasteiger partial charge >= 0.3 is 0 Å². The van der Waals surface area contributed by atoms with Crippen LogP contribution in [0.4, 0.5) is 0 Å². The Morgan fingerprint density at radius 1 is 1.10 bits per heavy atom. The van der Waals surface area contributed by atoms with Gasteiger partial charge in [-0.3, -0.25) is 0 Å². The van der Waals surface area contributed by atoms with Gasteiger partial charge in [-0.2, -0.15) is 0 Å². The van der Waals surface area contributed by atoms with E-state index in [1.807, 2.05) is 0 Å². The Morgan fingerprint density at radius 2 is 1.85 bits per heavy atom. The molecule has 2 saturated heterocycles. The number of piperidine rings is 1. The van der Waals surface area contributed by atoms with Crippen LogP contribution in [-0.2, 0) is 9.47 Å². The second-order valence-corrected chi connectivity index (χ2v) is 6.94. The minimum absolute atomic E-state index is 0.235. The molecule has 0 aromatic carbocycles. The molecule has 2 aliphatic heterocycles. The monoisotopic (exact) mass is 282 g/mol. The molecule has 2 N–H and O–H groups in total. The quantitative estimate of drug-likeness (QED) is 0.827. The summed E-state index contributed by atoms with van der Waals surface area (Å²) in [7, 11) is 1.80. The summed E-state index contributed by atoms with van der Waals surface area (Å²) < 4.78 is 11.1. The van der Waals surface area contributed by atoms with Gasteiger partial charge in [0.15, 0.2) is 0 Å². The van der Waals surface area contributed by atoms with E-state index in [-0.39, 0.29) is 6.10 Å². The molecular weight excluding hydrogens is 252 g/mol. The Kier molecular flexibility index (Phi) is 4.97. The van der Waals surface area contributed by atoms with Crippen LogP contribution >= 0.6 is 0 Å². The summed E-state index contributed by atoms with van der Waals surface area (Å²) in [6.45, 7) is 4.07. The van der Waals surface area contributed by atoms with Crippen LogP contribution in [0, 0.1) is 5.41 Å². The van der Waals surface area contributed by atoms with Crippen LogP contribution in [0.5, 0.6) is 0 Å². The van der Waals surface area contributed by atoms with Gasteiger partial charge in [0.25, 0.3) is 0 Å². The van der Waals surface area contributed by atoms with Crippen molar-refractivity contribution in [3.8, 4) is 0 Å². The number of rotatable bonds is 3. The van der Waals surface area contributed by atoms with Crippen molar-refractivity contribution in [3.05, 3.63) is 0 Å². The maximum Gasteiger partial charge on any atom is 0.0958 e. The molecule has 3 rings (SSSR count). The molecule has 0 amide bonds. The first-order chi connectivity index (χ1) is 9.81. The summed E-state index contributed by atoms with van der Waals surface area (Å²) in [6, 6.07) is 1.18. The standard InChI is InChI=1S/C16H30N2O2/c1-19-15-12-20-11-4-14(15)18-13-2-5-16(6-3-13)7-9-17-10-8-16/h13-15,17-18H,2-12H2,1H3/t14-,15-/m1/s1. The summed E-state index contributed by atoms with van der Waals surface area (Å²) in [6.07, 6.45) is 9.60. The molecule has 116 valence electrons. The smallest absolute Gasteiger partial charge is 0.0958 e. The minimum atomic E-state index is 0.235. The van der Waals surface area contributed by atoms with Gasteiger partial charge in [0.2, 0.25) is 0 Å². The van der Waals surface area contributed by atoms with E-state index in [1.54, 1.807) is 7.11 Å². The minimum Gasteiger partial charge on any atom is -0.379 e. The summed E-state index contributed by atoms with van der Waals surface area (Å²) in [4.78, 5) is 0. The maximum atomic E-state index is 5.56. The van der Waals surface area contributed by atoms with Gasteiger partial charge in [-0.05, 0) is 63.5 Å². The lowest BCUT2D eigenvalue weighted by molar-refractivity contribution is -0.0542. The van der Waals surface area contributed by atoms with Gasteiger partial charge < -0.3 is 20.1 Å². The van der Waals surface area contributed by atoms with Gasteiger partial charge in [0.1, 0.15) is 0 Å². The molecule has 3 fully saturated rings. The molecule has 4 nitrogen and oxygen atoms in total. The van der Waals surface area contributed by atoms with Gasteiger partial charge in [0, 0.05) is 25.8 Å². The lowest BCUT2D eigenvalue weighted by Gasteiger charge is -2.44. The highest BCUT2D eigenvalue weighted by molar-refractivity contribution is 4.93. The summed E-state index contributed by atoms with van der Waals surface area (Å²) >= 11 is 0. The van der Waals surface area contributed by atoms with E-state index < -0.39 is 0 Å². The molecule has 1 saturated carbocycles. The second-order valence-electron chi connectivity index (χ2n) is 6.94. The fraction of sp³-hybridized carbons (Fsp3) is 1.00. The third-order valence-electron chi connectivity index (χ3n) is 5.77. The summed E-state index contributed by atoms with van der Waals surface area (Å²) in [5, 5.41) is 7.36. The Bertz CT molecular complexity index is 295. The van der Waals surface area contributed by atoms with Crippen LogP contribution < -0.4 is 10.6 Å². The zero-order chi connectivity index (χ0) is 13.8. The Balaban J connectivity index is 1.48. The molecule has 0 aromatic rings. The molecule has 3 aliphatic rings. The molecule has 0 unspecified atom stereocenters. The Hall–Kier alpha value is -0.160. The Morgan fingerprint density at radius 3 is 2.55 bits per heavy atom. The zero-order valence-corrected chi connectivity index (χ0v) is 12.8. The van der Waals surface area contributed by atoms with Crippen molar-refractivity contribution in [1.82, 2.24) is 10.6 Å². The number of hydrogen-bond acceptors (Lipinski definition) is 4. The van der Waals surface area contributed by atoms with E-state index in [4.69, 9.17) is 9.47 Å². The average molecular weight is 282 g/mol. The molecule has 20 heavy (non-hydrogen) atoms. The molecule has 4 heteroatoms. The highest BCUT2D eigenvalue weighted by Gasteiger charge is 2.37. The van der Waals surface area contributed by atoms with Gasteiger partial charge in [-0.1, -0.05) is 0 Å². The molecule has 0 bridgehead atoms. The first-order valence-corrected chi connectivity index (χ1v) is 8.39. The highest BCUT2D eigenvalue weighted by atomic mass is 16.5. The lowest BCUT2D eigenvalue weighted by Crippen LogP contribution is -2.52. The molecular formula is C16H30N2O2. The summed E-state index contributed by atoms with van der Waals surface area (Å²) in [5.74, 6) is 0. The van der Waals surface area contributed by atoms with E-state index in [0.717, 1.165) is 19.6 Å². The van der Waals surface area contributed by atoms with Gasteiger partial charge in [-0.25, -0.2) is 0 Å². The molecule has 2 heterocycles. The molecule has 1 spiro atoms. The van der Waals surface area contributed by atoms with Crippen LogP contribution in [0.2, 0.25) is 0 Å². The largest absolute Gasteiger partial charge is 0.379 e. The van der Waals surface area contributed by atoms with Gasteiger partial charge in [0.05, 0.1) is 12.7 Å². The van der Waals surface area contributed by atoms with Crippen molar-refractivity contribution < 1.29 is 9.47 Å². The van der Waals surface area contributed by atoms with Crippen molar-refractivity contribution in [1.29, 1.82) is 0 Å². The van der Waals surface area contributed by atoms with Crippen LogP contribution in [0.3, 0.4) is 0 Å². The molecule has 1 aliphatic carbocycles. The predicted octanol–water partition coefficient (Wildman–Crippen LogP) is 1.69. The van der Waals surface area contributed by atoms with Crippen molar-refractivity contribution in [3.63, 3.8) is 0 Å². The van der Waals surface area contributed by atoms with Crippen LogP contribution in [0.1, 0.15) is 44.9 Å². The zero-order valence-electron chi connectivity index (χ0n) is 12.8. The third kappa shape index (κ3) is 3.35. The van der Waals surface area contributed by atoms with Crippen molar-refractivity contribution in [2.75, 3.05) is 33.4 Å². The van der Waals surface area contributed by atoms with E-state index in [9.17, 15) is 0 Å². The molecule has 0 aromatic heterocycles. The fourth-order valence-corrected chi connectivity index (χ4v) is 4.29. The molecule has 2 atom stereocenters. The fourth-order valence-electron chi connectivity index (χ4n) is 4.29. The third-order valence-corrected chi connectivity index (χ3v) is 5.77. The first-order valence-electron chi connectivity index (χ1n) is 8.39. The molecule has 0 radical (unpaired) electrons. The van der Waals surface area contributed by atoms with Crippen LogP contribution in [-0.4, -0.2) is 51.6 Å². The van der Waals surface area contributed by atoms with E-state index in [0.29, 0.717) is 17.5 Å². The topological polar surface area (TPSA) is 42.5 Å². The number of hydrogen-bond donors (Lipinski definition) is 2. The first kappa shape index (κ1) is 14.8. The Labute approximate surface area is 123 Å². The van der Waals surface area contributed by atoms with Crippen molar-refractivity contribution >= 4 is 0 Å². The van der Waals surface area contributed by atoms with Crippen molar-refractivity contribution in [2.24, 2.45) is 5.41 Å². The van der Waals surface area contributed by atoms with Crippen LogP contribution in [0.15, 0.2) is 0 Å². The SMILES string of the molecule is CO[C@@H]1COCC[C@H]1NC1CCC2(CCNCC2)CC1. The predicted molar refractivity (Wildman–Crippen MR) is 79.9 cm³/mol.